The maximum atomic E-state index is 13.0. The maximum absolute atomic E-state index is 13.0. The van der Waals surface area contributed by atoms with E-state index in [1.54, 1.807) is 24.3 Å². The van der Waals surface area contributed by atoms with Crippen molar-refractivity contribution in [1.29, 1.82) is 0 Å². The Morgan fingerprint density at radius 1 is 1.00 bits per heavy atom. The highest BCUT2D eigenvalue weighted by atomic mass is 35.5. The van der Waals surface area contributed by atoms with Gasteiger partial charge < -0.3 is 9.47 Å². The van der Waals surface area contributed by atoms with Gasteiger partial charge in [-0.25, -0.2) is 4.79 Å². The fourth-order valence-electron chi connectivity index (χ4n) is 3.78. The minimum atomic E-state index is -0.471. The number of Topliss-reactive ketones (excluding diaryl/α,β-unsaturated/α-hetero) is 1. The predicted octanol–water partition coefficient (Wildman–Crippen LogP) is 5.98. The van der Waals surface area contributed by atoms with Crippen LogP contribution in [-0.2, 0) is 14.3 Å². The van der Waals surface area contributed by atoms with Gasteiger partial charge in [0.2, 0.25) is 0 Å². The maximum Gasteiger partial charge on any atom is 0.338 e. The number of allylic oxidation sites excluding steroid dienone is 1. The zero-order valence-corrected chi connectivity index (χ0v) is 17.5. The summed E-state index contributed by atoms with van der Waals surface area (Å²) in [4.78, 5) is 25.4. The molecule has 1 fully saturated rings. The van der Waals surface area contributed by atoms with Crippen molar-refractivity contribution in [1.82, 2.24) is 0 Å². The molecule has 0 N–H and O–H groups in total. The SMILES string of the molecule is O=C(OC1CCC2C(=O)C(c3ccccc3Cl)=COC2C1)c1ccc(Cl)c(Cl)c1. The summed E-state index contributed by atoms with van der Waals surface area (Å²) in [5, 5.41) is 1.18. The van der Waals surface area contributed by atoms with Crippen molar-refractivity contribution in [3.63, 3.8) is 0 Å². The van der Waals surface area contributed by atoms with E-state index in [0.29, 0.717) is 51.0 Å². The number of ether oxygens (including phenoxy) is 2. The Bertz CT molecular complexity index is 1000. The lowest BCUT2D eigenvalue weighted by Crippen LogP contribution is -2.42. The van der Waals surface area contributed by atoms with Crippen molar-refractivity contribution >= 4 is 52.1 Å². The molecule has 1 saturated carbocycles. The fraction of sp³-hybridized carbons (Fsp3) is 0.273. The summed E-state index contributed by atoms with van der Waals surface area (Å²) in [5.41, 5.74) is 1.50. The van der Waals surface area contributed by atoms with Crippen LogP contribution in [0.25, 0.3) is 5.57 Å². The molecule has 7 heteroatoms. The lowest BCUT2D eigenvalue weighted by Gasteiger charge is -2.37. The Hall–Kier alpha value is -2.01. The third kappa shape index (κ3) is 4.16. The van der Waals surface area contributed by atoms with E-state index in [0.717, 1.165) is 0 Å². The van der Waals surface area contributed by atoms with E-state index in [-0.39, 0.29) is 23.9 Å². The first-order valence-corrected chi connectivity index (χ1v) is 10.4. The molecule has 0 amide bonds. The van der Waals surface area contributed by atoms with E-state index in [1.165, 1.54) is 12.3 Å². The van der Waals surface area contributed by atoms with Crippen molar-refractivity contribution in [2.45, 2.75) is 31.5 Å². The Labute approximate surface area is 183 Å². The van der Waals surface area contributed by atoms with Gasteiger partial charge >= 0.3 is 5.97 Å². The molecule has 0 aromatic heterocycles. The smallest absolute Gasteiger partial charge is 0.338 e. The molecule has 4 nitrogen and oxygen atoms in total. The second kappa shape index (κ2) is 8.39. The largest absolute Gasteiger partial charge is 0.496 e. The van der Waals surface area contributed by atoms with Gasteiger partial charge in [-0.05, 0) is 37.1 Å². The minimum absolute atomic E-state index is 0.0172. The average Bonchev–Trinajstić information content (AvgIpc) is 2.71. The lowest BCUT2D eigenvalue weighted by molar-refractivity contribution is -0.126. The summed E-state index contributed by atoms with van der Waals surface area (Å²) < 4.78 is 11.5. The van der Waals surface area contributed by atoms with Crippen LogP contribution in [0.2, 0.25) is 15.1 Å². The second-order valence-corrected chi connectivity index (χ2v) is 8.35. The number of rotatable bonds is 3. The minimum Gasteiger partial charge on any atom is -0.496 e. The van der Waals surface area contributed by atoms with E-state index in [9.17, 15) is 9.59 Å². The molecule has 0 radical (unpaired) electrons. The van der Waals surface area contributed by atoms with Gasteiger partial charge in [-0.1, -0.05) is 53.0 Å². The lowest BCUT2D eigenvalue weighted by atomic mass is 9.78. The first-order valence-electron chi connectivity index (χ1n) is 9.25. The number of hydrogen-bond acceptors (Lipinski definition) is 4. The van der Waals surface area contributed by atoms with Crippen LogP contribution in [0.4, 0.5) is 0 Å². The van der Waals surface area contributed by atoms with E-state index in [2.05, 4.69) is 0 Å². The van der Waals surface area contributed by atoms with Crippen LogP contribution < -0.4 is 0 Å². The molecule has 0 bridgehead atoms. The molecule has 0 saturated heterocycles. The molecule has 1 heterocycles. The van der Waals surface area contributed by atoms with Gasteiger partial charge in [0.05, 0.1) is 33.4 Å². The monoisotopic (exact) mass is 450 g/mol. The van der Waals surface area contributed by atoms with E-state index in [1.807, 2.05) is 12.1 Å². The molecule has 150 valence electrons. The fourth-order valence-corrected chi connectivity index (χ4v) is 4.32. The van der Waals surface area contributed by atoms with Gasteiger partial charge in [-0.3, -0.25) is 4.79 Å². The molecule has 1 aliphatic heterocycles. The third-order valence-corrected chi connectivity index (χ3v) is 6.37. The van der Waals surface area contributed by atoms with Gasteiger partial charge in [0, 0.05) is 17.0 Å². The Morgan fingerprint density at radius 2 is 1.79 bits per heavy atom. The second-order valence-electron chi connectivity index (χ2n) is 7.13. The van der Waals surface area contributed by atoms with E-state index >= 15 is 0 Å². The summed E-state index contributed by atoms with van der Waals surface area (Å²) in [6.45, 7) is 0. The molecular formula is C22H17Cl3O4. The van der Waals surface area contributed by atoms with Gasteiger partial charge in [0.25, 0.3) is 0 Å². The normalized spacial score (nSPS) is 23.6. The molecule has 2 aromatic carbocycles. The Kier molecular flexibility index (Phi) is 5.86. The van der Waals surface area contributed by atoms with Crippen LogP contribution in [0.5, 0.6) is 0 Å². The zero-order chi connectivity index (χ0) is 20.5. The average molecular weight is 452 g/mol. The van der Waals surface area contributed by atoms with E-state index < -0.39 is 5.97 Å². The Morgan fingerprint density at radius 3 is 2.55 bits per heavy atom. The van der Waals surface area contributed by atoms with Gasteiger partial charge in [0.1, 0.15) is 12.2 Å². The number of fused-ring (bicyclic) bond motifs is 1. The predicted molar refractivity (Wildman–Crippen MR) is 112 cm³/mol. The van der Waals surface area contributed by atoms with Crippen molar-refractivity contribution in [3.05, 3.63) is 74.9 Å². The molecule has 29 heavy (non-hydrogen) atoms. The molecule has 2 aliphatic rings. The molecule has 3 unspecified atom stereocenters. The van der Waals surface area contributed by atoms with Crippen molar-refractivity contribution in [2.75, 3.05) is 0 Å². The third-order valence-electron chi connectivity index (χ3n) is 5.30. The molecular weight excluding hydrogens is 435 g/mol. The van der Waals surface area contributed by atoms with Gasteiger partial charge in [-0.2, -0.15) is 0 Å². The molecule has 2 aromatic rings. The molecule has 3 atom stereocenters. The Balaban J connectivity index is 1.44. The van der Waals surface area contributed by atoms with Crippen LogP contribution in [0.1, 0.15) is 35.2 Å². The first kappa shape index (κ1) is 20.3. The molecule has 4 rings (SSSR count). The summed E-state index contributed by atoms with van der Waals surface area (Å²) in [7, 11) is 0. The van der Waals surface area contributed by atoms with Gasteiger partial charge in [-0.15, -0.1) is 0 Å². The summed E-state index contributed by atoms with van der Waals surface area (Å²) in [6, 6.07) is 11.8. The number of esters is 1. The number of carbonyl (C=O) groups excluding carboxylic acids is 2. The highest BCUT2D eigenvalue weighted by molar-refractivity contribution is 6.42. The van der Waals surface area contributed by atoms with Crippen molar-refractivity contribution in [2.24, 2.45) is 5.92 Å². The number of carbonyl (C=O) groups is 2. The van der Waals surface area contributed by atoms with Crippen LogP contribution in [0.3, 0.4) is 0 Å². The number of benzene rings is 2. The van der Waals surface area contributed by atoms with E-state index in [4.69, 9.17) is 44.3 Å². The van der Waals surface area contributed by atoms with Crippen LogP contribution in [0.15, 0.2) is 48.7 Å². The van der Waals surface area contributed by atoms with Crippen molar-refractivity contribution < 1.29 is 19.1 Å². The topological polar surface area (TPSA) is 52.6 Å². The summed E-state index contributed by atoms with van der Waals surface area (Å²) in [6.07, 6.45) is 2.43. The van der Waals surface area contributed by atoms with Gasteiger partial charge in [0.15, 0.2) is 5.78 Å². The van der Waals surface area contributed by atoms with Crippen LogP contribution in [0, 0.1) is 5.92 Å². The first-order chi connectivity index (χ1) is 13.9. The summed E-state index contributed by atoms with van der Waals surface area (Å²) in [5.74, 6) is -0.726. The number of ketones is 1. The highest BCUT2D eigenvalue weighted by Crippen LogP contribution is 2.38. The van der Waals surface area contributed by atoms with Crippen LogP contribution in [-0.4, -0.2) is 24.0 Å². The number of hydrogen-bond donors (Lipinski definition) is 0. The molecule has 0 spiro atoms. The zero-order valence-electron chi connectivity index (χ0n) is 15.2. The quantitative estimate of drug-likeness (QED) is 0.539. The number of halogens is 3. The highest BCUT2D eigenvalue weighted by Gasteiger charge is 2.41. The standard InChI is InChI=1S/C22H17Cl3O4/c23-17-4-2-1-3-14(17)16-11-28-20-10-13(6-7-15(20)21(16)26)29-22(27)12-5-8-18(24)19(25)9-12/h1-5,8-9,11,13,15,20H,6-7,10H2. The van der Waals surface area contributed by atoms with Crippen LogP contribution >= 0.6 is 34.8 Å². The molecule has 1 aliphatic carbocycles. The van der Waals surface area contributed by atoms with Crippen molar-refractivity contribution in [3.8, 4) is 0 Å². The summed E-state index contributed by atoms with van der Waals surface area (Å²) >= 11 is 18.1.